The first kappa shape index (κ1) is 6.69. The summed E-state index contributed by atoms with van der Waals surface area (Å²) in [6.07, 6.45) is 1.34. The molecule has 1 aromatic heterocycles. The molecule has 1 aromatic rings. The Morgan fingerprint density at radius 3 is 2.90 bits per heavy atom. The standard InChI is InChI=1S/C7H5FN2/c1-5-4-10-6(3-9)2-7(5)8/h2,4H,1H3. The molecule has 0 aliphatic heterocycles. The van der Waals surface area contributed by atoms with E-state index in [9.17, 15) is 4.39 Å². The predicted octanol–water partition coefficient (Wildman–Crippen LogP) is 1.40. The molecule has 0 bridgehead atoms. The third kappa shape index (κ3) is 1.11. The highest BCUT2D eigenvalue weighted by atomic mass is 19.1. The number of aryl methyl sites for hydroxylation is 1. The fourth-order valence-corrected chi connectivity index (χ4v) is 0.560. The molecule has 3 heteroatoms. The Bertz CT molecular complexity index is 288. The van der Waals surface area contributed by atoms with E-state index in [-0.39, 0.29) is 11.5 Å². The molecular weight excluding hydrogens is 131 g/mol. The number of halogens is 1. The van der Waals surface area contributed by atoms with Gasteiger partial charge in [-0.25, -0.2) is 9.37 Å². The number of rotatable bonds is 0. The Morgan fingerprint density at radius 1 is 1.70 bits per heavy atom. The molecule has 10 heavy (non-hydrogen) atoms. The molecule has 0 fully saturated rings. The van der Waals surface area contributed by atoms with Gasteiger partial charge in [0.25, 0.3) is 0 Å². The lowest BCUT2D eigenvalue weighted by atomic mass is 10.3. The summed E-state index contributed by atoms with van der Waals surface area (Å²) in [5.41, 5.74) is 0.571. The first-order valence-corrected chi connectivity index (χ1v) is 2.76. The fraction of sp³-hybridized carbons (Fsp3) is 0.143. The Labute approximate surface area is 57.9 Å². The van der Waals surface area contributed by atoms with Gasteiger partial charge >= 0.3 is 0 Å². The van der Waals surface area contributed by atoms with Gasteiger partial charge in [0, 0.05) is 17.8 Å². The molecule has 1 heterocycles. The van der Waals surface area contributed by atoms with E-state index in [1.165, 1.54) is 6.20 Å². The molecule has 0 amide bonds. The zero-order valence-corrected chi connectivity index (χ0v) is 5.43. The van der Waals surface area contributed by atoms with Crippen molar-refractivity contribution in [2.24, 2.45) is 0 Å². The predicted molar refractivity (Wildman–Crippen MR) is 33.6 cm³/mol. The van der Waals surface area contributed by atoms with Crippen LogP contribution in [0.4, 0.5) is 4.39 Å². The van der Waals surface area contributed by atoms with Gasteiger partial charge in [-0.2, -0.15) is 5.26 Å². The molecular formula is C7H5FN2. The largest absolute Gasteiger partial charge is 0.245 e. The van der Waals surface area contributed by atoms with E-state index in [2.05, 4.69) is 4.98 Å². The second-order valence-electron chi connectivity index (χ2n) is 1.93. The van der Waals surface area contributed by atoms with E-state index < -0.39 is 0 Å². The maximum atomic E-state index is 12.6. The summed E-state index contributed by atoms with van der Waals surface area (Å²) in [4.78, 5) is 3.66. The third-order valence-electron chi connectivity index (χ3n) is 1.15. The van der Waals surface area contributed by atoms with Crippen molar-refractivity contribution in [3.8, 4) is 6.07 Å². The van der Waals surface area contributed by atoms with Crippen molar-refractivity contribution < 1.29 is 4.39 Å². The van der Waals surface area contributed by atoms with Crippen molar-refractivity contribution in [2.45, 2.75) is 6.92 Å². The lowest BCUT2D eigenvalue weighted by Gasteiger charge is -1.92. The zero-order chi connectivity index (χ0) is 7.56. The number of hydrogen-bond donors (Lipinski definition) is 0. The Hall–Kier alpha value is -1.43. The highest BCUT2D eigenvalue weighted by Crippen LogP contribution is 2.04. The summed E-state index contributed by atoms with van der Waals surface area (Å²) in [6.45, 7) is 1.60. The SMILES string of the molecule is Cc1cnc(C#N)cc1F. The Balaban J connectivity index is 3.20. The molecule has 0 saturated heterocycles. The van der Waals surface area contributed by atoms with Crippen LogP contribution in [0.25, 0.3) is 0 Å². The highest BCUT2D eigenvalue weighted by Gasteiger charge is 1.97. The monoisotopic (exact) mass is 136 g/mol. The van der Waals surface area contributed by atoms with E-state index in [4.69, 9.17) is 5.26 Å². The molecule has 1 rings (SSSR count). The van der Waals surface area contributed by atoms with Gasteiger partial charge in [-0.1, -0.05) is 0 Å². The highest BCUT2D eigenvalue weighted by molar-refractivity contribution is 5.23. The van der Waals surface area contributed by atoms with Gasteiger partial charge in [0.1, 0.15) is 17.6 Å². The van der Waals surface area contributed by atoms with Gasteiger partial charge in [-0.15, -0.1) is 0 Å². The smallest absolute Gasteiger partial charge is 0.143 e. The molecule has 50 valence electrons. The lowest BCUT2D eigenvalue weighted by Crippen LogP contribution is -1.87. The first-order valence-electron chi connectivity index (χ1n) is 2.76. The second kappa shape index (κ2) is 2.44. The summed E-state index contributed by atoms with van der Waals surface area (Å²) >= 11 is 0. The van der Waals surface area contributed by atoms with E-state index in [0.717, 1.165) is 6.07 Å². The summed E-state index contributed by atoms with van der Waals surface area (Å²) in [6, 6.07) is 2.86. The molecule has 0 unspecified atom stereocenters. The first-order chi connectivity index (χ1) is 4.74. The molecule has 0 aromatic carbocycles. The van der Waals surface area contributed by atoms with Gasteiger partial charge in [0.2, 0.25) is 0 Å². The second-order valence-corrected chi connectivity index (χ2v) is 1.93. The fourth-order valence-electron chi connectivity index (χ4n) is 0.560. The molecule has 0 N–H and O–H groups in total. The van der Waals surface area contributed by atoms with Crippen molar-refractivity contribution in [3.05, 3.63) is 29.3 Å². The topological polar surface area (TPSA) is 36.7 Å². The van der Waals surface area contributed by atoms with E-state index >= 15 is 0 Å². The minimum absolute atomic E-state index is 0.114. The molecule has 0 saturated carbocycles. The van der Waals surface area contributed by atoms with Crippen LogP contribution in [0.1, 0.15) is 11.3 Å². The van der Waals surface area contributed by atoms with Crippen LogP contribution in [0.5, 0.6) is 0 Å². The van der Waals surface area contributed by atoms with Gasteiger partial charge in [0.15, 0.2) is 0 Å². The van der Waals surface area contributed by atoms with E-state index in [0.29, 0.717) is 5.56 Å². The van der Waals surface area contributed by atoms with Crippen molar-refractivity contribution >= 4 is 0 Å². The summed E-state index contributed by atoms with van der Waals surface area (Å²) in [7, 11) is 0. The molecule has 0 aliphatic rings. The summed E-state index contributed by atoms with van der Waals surface area (Å²) in [5, 5.41) is 8.27. The van der Waals surface area contributed by atoms with Crippen LogP contribution >= 0.6 is 0 Å². The molecule has 0 atom stereocenters. The van der Waals surface area contributed by atoms with Gasteiger partial charge in [-0.05, 0) is 6.92 Å². The average Bonchev–Trinajstić information content (AvgIpc) is 1.95. The van der Waals surface area contributed by atoms with E-state index in [1.54, 1.807) is 13.0 Å². The summed E-state index contributed by atoms with van der Waals surface area (Å²) < 4.78 is 12.6. The minimum Gasteiger partial charge on any atom is -0.245 e. The summed E-state index contributed by atoms with van der Waals surface area (Å²) in [5.74, 6) is -0.383. The van der Waals surface area contributed by atoms with Crippen LogP contribution in [0.3, 0.4) is 0 Å². The number of nitriles is 1. The van der Waals surface area contributed by atoms with Gasteiger partial charge in [0.05, 0.1) is 0 Å². The normalized spacial score (nSPS) is 8.90. The lowest BCUT2D eigenvalue weighted by molar-refractivity contribution is 0.615. The molecule has 0 radical (unpaired) electrons. The molecule has 0 spiro atoms. The van der Waals surface area contributed by atoms with Crippen molar-refractivity contribution in [1.29, 1.82) is 5.26 Å². The average molecular weight is 136 g/mol. The maximum absolute atomic E-state index is 12.6. The van der Waals surface area contributed by atoms with Gasteiger partial charge < -0.3 is 0 Å². The Morgan fingerprint density at radius 2 is 2.40 bits per heavy atom. The number of nitrogens with zero attached hydrogens (tertiary/aromatic N) is 2. The number of aromatic nitrogens is 1. The third-order valence-corrected chi connectivity index (χ3v) is 1.15. The van der Waals surface area contributed by atoms with Crippen molar-refractivity contribution in [2.75, 3.05) is 0 Å². The van der Waals surface area contributed by atoms with Crippen molar-refractivity contribution in [1.82, 2.24) is 4.98 Å². The van der Waals surface area contributed by atoms with Crippen LogP contribution in [0.15, 0.2) is 12.3 Å². The molecule has 2 nitrogen and oxygen atoms in total. The number of hydrogen-bond acceptors (Lipinski definition) is 2. The van der Waals surface area contributed by atoms with Crippen LogP contribution in [0.2, 0.25) is 0 Å². The quantitative estimate of drug-likeness (QED) is 0.540. The number of pyridine rings is 1. The maximum Gasteiger partial charge on any atom is 0.143 e. The van der Waals surface area contributed by atoms with E-state index in [1.807, 2.05) is 0 Å². The van der Waals surface area contributed by atoms with Crippen LogP contribution in [0, 0.1) is 24.1 Å². The molecule has 0 aliphatic carbocycles. The van der Waals surface area contributed by atoms with Crippen LogP contribution < -0.4 is 0 Å². The van der Waals surface area contributed by atoms with Gasteiger partial charge in [-0.3, -0.25) is 0 Å². The van der Waals surface area contributed by atoms with Crippen LogP contribution in [-0.2, 0) is 0 Å². The van der Waals surface area contributed by atoms with Crippen molar-refractivity contribution in [3.63, 3.8) is 0 Å². The Kier molecular flexibility index (Phi) is 1.63. The minimum atomic E-state index is -0.383. The zero-order valence-electron chi connectivity index (χ0n) is 5.43. The van der Waals surface area contributed by atoms with Crippen LogP contribution in [-0.4, -0.2) is 4.98 Å².